The van der Waals surface area contributed by atoms with Crippen molar-refractivity contribution in [2.75, 3.05) is 58.0 Å². The molecule has 0 radical (unpaired) electrons. The fourth-order valence-corrected chi connectivity index (χ4v) is 2.76. The highest BCUT2D eigenvalue weighted by molar-refractivity contribution is 5.79. The summed E-state index contributed by atoms with van der Waals surface area (Å²) in [6.07, 6.45) is 5.12. The van der Waals surface area contributed by atoms with E-state index in [2.05, 4.69) is 38.5 Å². The van der Waals surface area contributed by atoms with Crippen LogP contribution in [-0.4, -0.2) is 64.1 Å². The molecule has 1 fully saturated rings. The first-order valence-corrected chi connectivity index (χ1v) is 9.64. The zero-order chi connectivity index (χ0) is 18.5. The zero-order valence-corrected chi connectivity index (χ0v) is 16.2. The van der Waals surface area contributed by atoms with E-state index in [0.717, 1.165) is 70.7 Å². The Morgan fingerprint density at radius 3 is 2.85 bits per heavy atom. The SMILES string of the molecule is CCCCOCCCNC(=NC)NCc1cccnc1N1CCOCC1. The zero-order valence-electron chi connectivity index (χ0n) is 16.2. The minimum Gasteiger partial charge on any atom is -0.381 e. The summed E-state index contributed by atoms with van der Waals surface area (Å²) < 4.78 is 11.0. The maximum absolute atomic E-state index is 5.58. The second-order valence-electron chi connectivity index (χ2n) is 6.26. The van der Waals surface area contributed by atoms with E-state index < -0.39 is 0 Å². The Morgan fingerprint density at radius 1 is 1.27 bits per heavy atom. The maximum Gasteiger partial charge on any atom is 0.191 e. The van der Waals surface area contributed by atoms with E-state index in [1.807, 2.05) is 12.3 Å². The smallest absolute Gasteiger partial charge is 0.191 e. The number of unbranched alkanes of at least 4 members (excludes halogenated alkanes) is 1. The van der Waals surface area contributed by atoms with Gasteiger partial charge in [-0.3, -0.25) is 4.99 Å². The van der Waals surface area contributed by atoms with Crippen LogP contribution in [0.4, 0.5) is 5.82 Å². The largest absolute Gasteiger partial charge is 0.381 e. The van der Waals surface area contributed by atoms with Crippen LogP contribution < -0.4 is 15.5 Å². The minimum atomic E-state index is 0.688. The van der Waals surface area contributed by atoms with Gasteiger partial charge in [-0.15, -0.1) is 0 Å². The number of hydrogen-bond donors (Lipinski definition) is 2. The van der Waals surface area contributed by atoms with Gasteiger partial charge in [0.25, 0.3) is 0 Å². The van der Waals surface area contributed by atoms with Gasteiger partial charge in [-0.05, 0) is 18.9 Å². The molecule has 1 saturated heterocycles. The van der Waals surface area contributed by atoms with Crippen LogP contribution in [-0.2, 0) is 16.0 Å². The van der Waals surface area contributed by atoms with Crippen molar-refractivity contribution in [2.45, 2.75) is 32.7 Å². The molecule has 1 aromatic heterocycles. The molecule has 0 amide bonds. The summed E-state index contributed by atoms with van der Waals surface area (Å²) in [6.45, 7) is 8.63. The second kappa shape index (κ2) is 12.5. The molecule has 0 aliphatic carbocycles. The van der Waals surface area contributed by atoms with Gasteiger partial charge in [0.15, 0.2) is 5.96 Å². The third-order valence-corrected chi connectivity index (χ3v) is 4.25. The van der Waals surface area contributed by atoms with Crippen LogP contribution in [0.2, 0.25) is 0 Å². The van der Waals surface area contributed by atoms with E-state index in [1.165, 1.54) is 12.0 Å². The average molecular weight is 364 g/mol. The lowest BCUT2D eigenvalue weighted by molar-refractivity contribution is 0.122. The summed E-state index contributed by atoms with van der Waals surface area (Å²) in [4.78, 5) is 11.1. The van der Waals surface area contributed by atoms with Crippen molar-refractivity contribution in [3.8, 4) is 0 Å². The number of anilines is 1. The number of pyridine rings is 1. The highest BCUT2D eigenvalue weighted by Gasteiger charge is 2.15. The molecule has 0 spiro atoms. The molecule has 2 heterocycles. The van der Waals surface area contributed by atoms with Gasteiger partial charge < -0.3 is 25.0 Å². The Bertz CT molecular complexity index is 532. The molecule has 0 saturated carbocycles. The van der Waals surface area contributed by atoms with Gasteiger partial charge in [0.2, 0.25) is 0 Å². The molecule has 0 aromatic carbocycles. The third-order valence-electron chi connectivity index (χ3n) is 4.25. The maximum atomic E-state index is 5.58. The predicted molar refractivity (Wildman–Crippen MR) is 106 cm³/mol. The van der Waals surface area contributed by atoms with Gasteiger partial charge in [-0.2, -0.15) is 0 Å². The number of guanidine groups is 1. The number of nitrogens with one attached hydrogen (secondary N) is 2. The molecule has 26 heavy (non-hydrogen) atoms. The van der Waals surface area contributed by atoms with E-state index in [9.17, 15) is 0 Å². The Balaban J connectivity index is 1.74. The molecule has 2 N–H and O–H groups in total. The van der Waals surface area contributed by atoms with Crippen LogP contribution in [0, 0.1) is 0 Å². The number of morpholine rings is 1. The Morgan fingerprint density at radius 2 is 2.08 bits per heavy atom. The molecule has 2 rings (SSSR count). The number of ether oxygens (including phenoxy) is 2. The molecule has 1 aliphatic rings. The minimum absolute atomic E-state index is 0.688. The molecular weight excluding hydrogens is 330 g/mol. The van der Waals surface area contributed by atoms with Gasteiger partial charge in [0.1, 0.15) is 5.82 Å². The Kier molecular flexibility index (Phi) is 9.82. The normalized spacial score (nSPS) is 15.2. The number of aliphatic imine (C=N–C) groups is 1. The van der Waals surface area contributed by atoms with Crippen molar-refractivity contribution >= 4 is 11.8 Å². The monoisotopic (exact) mass is 363 g/mol. The summed E-state index contributed by atoms with van der Waals surface area (Å²) in [7, 11) is 1.79. The first-order chi connectivity index (χ1) is 12.8. The van der Waals surface area contributed by atoms with E-state index in [0.29, 0.717) is 6.54 Å². The number of nitrogens with zero attached hydrogens (tertiary/aromatic N) is 3. The van der Waals surface area contributed by atoms with Crippen molar-refractivity contribution in [3.05, 3.63) is 23.9 Å². The van der Waals surface area contributed by atoms with Crippen molar-refractivity contribution < 1.29 is 9.47 Å². The summed E-state index contributed by atoms with van der Waals surface area (Å²) in [6, 6.07) is 4.09. The topological polar surface area (TPSA) is 71.0 Å². The molecule has 1 aromatic rings. The first-order valence-electron chi connectivity index (χ1n) is 9.64. The molecule has 7 heteroatoms. The fourth-order valence-electron chi connectivity index (χ4n) is 2.76. The van der Waals surface area contributed by atoms with Crippen LogP contribution in [0.1, 0.15) is 31.7 Å². The van der Waals surface area contributed by atoms with Gasteiger partial charge in [-0.25, -0.2) is 4.98 Å². The van der Waals surface area contributed by atoms with Gasteiger partial charge >= 0.3 is 0 Å². The predicted octanol–water partition coefficient (Wildman–Crippen LogP) is 1.79. The Labute approximate surface area is 157 Å². The molecule has 0 atom stereocenters. The van der Waals surface area contributed by atoms with Crippen molar-refractivity contribution in [1.82, 2.24) is 15.6 Å². The van der Waals surface area contributed by atoms with Crippen LogP contribution in [0.3, 0.4) is 0 Å². The van der Waals surface area contributed by atoms with Crippen molar-refractivity contribution in [1.29, 1.82) is 0 Å². The second-order valence-corrected chi connectivity index (χ2v) is 6.26. The lowest BCUT2D eigenvalue weighted by atomic mass is 10.2. The number of hydrogen-bond acceptors (Lipinski definition) is 5. The number of aromatic nitrogens is 1. The van der Waals surface area contributed by atoms with E-state index in [-0.39, 0.29) is 0 Å². The quantitative estimate of drug-likeness (QED) is 0.375. The van der Waals surface area contributed by atoms with Crippen LogP contribution in [0.25, 0.3) is 0 Å². The van der Waals surface area contributed by atoms with Crippen molar-refractivity contribution in [2.24, 2.45) is 4.99 Å². The van der Waals surface area contributed by atoms with Gasteiger partial charge in [0.05, 0.1) is 13.2 Å². The molecule has 146 valence electrons. The van der Waals surface area contributed by atoms with E-state index in [1.54, 1.807) is 7.05 Å². The van der Waals surface area contributed by atoms with Crippen molar-refractivity contribution in [3.63, 3.8) is 0 Å². The molecule has 1 aliphatic heterocycles. The molecule has 0 bridgehead atoms. The van der Waals surface area contributed by atoms with Gasteiger partial charge in [-0.1, -0.05) is 19.4 Å². The first kappa shape index (κ1) is 20.5. The van der Waals surface area contributed by atoms with Gasteiger partial charge in [0, 0.05) is 58.2 Å². The van der Waals surface area contributed by atoms with Crippen LogP contribution >= 0.6 is 0 Å². The van der Waals surface area contributed by atoms with Crippen LogP contribution in [0.5, 0.6) is 0 Å². The van der Waals surface area contributed by atoms with Crippen LogP contribution in [0.15, 0.2) is 23.3 Å². The number of rotatable bonds is 10. The lowest BCUT2D eigenvalue weighted by Crippen LogP contribution is -2.39. The highest BCUT2D eigenvalue weighted by Crippen LogP contribution is 2.18. The molecule has 0 unspecified atom stereocenters. The highest BCUT2D eigenvalue weighted by atomic mass is 16.5. The average Bonchev–Trinajstić information content (AvgIpc) is 2.70. The lowest BCUT2D eigenvalue weighted by Gasteiger charge is -2.29. The molecule has 7 nitrogen and oxygen atoms in total. The van der Waals surface area contributed by atoms with E-state index in [4.69, 9.17) is 9.47 Å². The third kappa shape index (κ3) is 7.17. The Hall–Kier alpha value is -1.86. The summed E-state index contributed by atoms with van der Waals surface area (Å²) in [5.41, 5.74) is 1.17. The fraction of sp³-hybridized carbons (Fsp3) is 0.684. The molecular formula is C19H33N5O2. The summed E-state index contributed by atoms with van der Waals surface area (Å²) in [5.74, 6) is 1.83. The summed E-state index contributed by atoms with van der Waals surface area (Å²) in [5, 5.41) is 6.71. The summed E-state index contributed by atoms with van der Waals surface area (Å²) >= 11 is 0. The standard InChI is InChI=1S/C19H33N5O2/c1-3-4-12-25-13-6-9-22-19(20-2)23-16-17-7-5-8-21-18(17)24-10-14-26-15-11-24/h5,7-8H,3-4,6,9-16H2,1-2H3,(H2,20,22,23). The van der Waals surface area contributed by atoms with E-state index >= 15 is 0 Å².